The van der Waals surface area contributed by atoms with Gasteiger partial charge < -0.3 is 15.0 Å². The predicted octanol–water partition coefficient (Wildman–Crippen LogP) is 4.55. The summed E-state index contributed by atoms with van der Waals surface area (Å²) in [6.07, 6.45) is 0. The van der Waals surface area contributed by atoms with E-state index in [0.717, 1.165) is 12.2 Å². The molecule has 1 aromatic heterocycles. The predicted molar refractivity (Wildman–Crippen MR) is 107 cm³/mol. The third-order valence-corrected chi connectivity index (χ3v) is 4.25. The molecule has 1 amide bonds. The molecule has 0 unspecified atom stereocenters. The summed E-state index contributed by atoms with van der Waals surface area (Å²) in [4.78, 5) is 14.4. The van der Waals surface area contributed by atoms with Crippen LogP contribution in [0.5, 0.6) is 5.75 Å². The van der Waals surface area contributed by atoms with Crippen molar-refractivity contribution in [2.45, 2.75) is 6.92 Å². The van der Waals surface area contributed by atoms with Crippen molar-refractivity contribution in [1.82, 2.24) is 10.2 Å². The maximum Gasteiger partial charge on any atom is 0.276 e. The Morgan fingerprint density at radius 2 is 1.89 bits per heavy atom. The number of para-hydroxylation sites is 1. The summed E-state index contributed by atoms with van der Waals surface area (Å²) in [7, 11) is 1.53. The highest BCUT2D eigenvalue weighted by atomic mass is 35.5. The number of ether oxygens (including phenoxy) is 1. The van der Waals surface area contributed by atoms with Gasteiger partial charge in [-0.2, -0.15) is 0 Å². The Bertz CT molecular complexity index is 917. The average Bonchev–Trinajstić information content (AvgIpc) is 2.70. The quantitative estimate of drug-likeness (QED) is 0.677. The van der Waals surface area contributed by atoms with E-state index in [1.54, 1.807) is 30.3 Å². The van der Waals surface area contributed by atoms with Gasteiger partial charge in [-0.05, 0) is 49.4 Å². The summed E-state index contributed by atoms with van der Waals surface area (Å²) in [6, 6.07) is 18.3. The van der Waals surface area contributed by atoms with Crippen molar-refractivity contribution in [2.75, 3.05) is 23.9 Å². The number of rotatable bonds is 6. The summed E-state index contributed by atoms with van der Waals surface area (Å²) in [5.74, 6) is 0.852. The molecule has 0 fully saturated rings. The average molecular weight is 383 g/mol. The number of hydrogen-bond donors (Lipinski definition) is 1. The van der Waals surface area contributed by atoms with Crippen LogP contribution in [0.15, 0.2) is 60.7 Å². The number of nitrogens with zero attached hydrogens (tertiary/aromatic N) is 3. The molecule has 0 saturated carbocycles. The lowest BCUT2D eigenvalue weighted by atomic mass is 10.2. The van der Waals surface area contributed by atoms with Crippen LogP contribution in [0.25, 0.3) is 0 Å². The zero-order valence-electron chi connectivity index (χ0n) is 15.0. The van der Waals surface area contributed by atoms with Gasteiger partial charge in [0.2, 0.25) is 0 Å². The Hall–Kier alpha value is -3.12. The van der Waals surface area contributed by atoms with E-state index in [2.05, 4.69) is 15.5 Å². The molecule has 6 nitrogen and oxygen atoms in total. The minimum atomic E-state index is -0.363. The first-order chi connectivity index (χ1) is 13.1. The van der Waals surface area contributed by atoms with E-state index in [1.165, 1.54) is 7.11 Å². The van der Waals surface area contributed by atoms with Gasteiger partial charge >= 0.3 is 0 Å². The van der Waals surface area contributed by atoms with E-state index in [0.29, 0.717) is 22.3 Å². The van der Waals surface area contributed by atoms with Gasteiger partial charge in [0.15, 0.2) is 11.5 Å². The Morgan fingerprint density at radius 1 is 1.11 bits per heavy atom. The third-order valence-electron chi connectivity index (χ3n) is 3.95. The van der Waals surface area contributed by atoms with Crippen LogP contribution in [0.3, 0.4) is 0 Å². The van der Waals surface area contributed by atoms with Crippen molar-refractivity contribution < 1.29 is 9.53 Å². The fraction of sp³-hybridized carbons (Fsp3) is 0.150. The van der Waals surface area contributed by atoms with Gasteiger partial charge in [-0.1, -0.05) is 29.8 Å². The van der Waals surface area contributed by atoms with Crippen molar-refractivity contribution in [1.29, 1.82) is 0 Å². The second kappa shape index (κ2) is 8.51. The molecule has 0 bridgehead atoms. The van der Waals surface area contributed by atoms with Crippen LogP contribution >= 0.6 is 11.6 Å². The lowest BCUT2D eigenvalue weighted by Gasteiger charge is -2.21. The number of methoxy groups -OCH3 is 1. The minimum absolute atomic E-state index is 0.217. The number of carbonyl (C=O) groups is 1. The number of benzene rings is 2. The topological polar surface area (TPSA) is 67.4 Å². The molecule has 0 spiro atoms. The molecule has 0 atom stereocenters. The van der Waals surface area contributed by atoms with E-state index in [-0.39, 0.29) is 11.6 Å². The minimum Gasteiger partial charge on any atom is -0.495 e. The number of anilines is 3. The van der Waals surface area contributed by atoms with E-state index in [4.69, 9.17) is 16.3 Å². The number of aromatic nitrogens is 2. The van der Waals surface area contributed by atoms with Crippen LogP contribution in [-0.2, 0) is 0 Å². The number of amides is 1. The van der Waals surface area contributed by atoms with Crippen molar-refractivity contribution in [3.63, 3.8) is 0 Å². The maximum atomic E-state index is 12.4. The largest absolute Gasteiger partial charge is 0.495 e. The monoisotopic (exact) mass is 382 g/mol. The fourth-order valence-electron chi connectivity index (χ4n) is 2.61. The van der Waals surface area contributed by atoms with E-state index < -0.39 is 0 Å². The molecule has 0 saturated heterocycles. The lowest BCUT2D eigenvalue weighted by Crippen LogP contribution is -2.19. The van der Waals surface area contributed by atoms with Crippen LogP contribution in [0.1, 0.15) is 17.4 Å². The lowest BCUT2D eigenvalue weighted by molar-refractivity contribution is 0.102. The molecule has 0 aliphatic carbocycles. The molecule has 0 aliphatic heterocycles. The van der Waals surface area contributed by atoms with Gasteiger partial charge in [0, 0.05) is 17.9 Å². The normalized spacial score (nSPS) is 10.3. The molecule has 3 rings (SSSR count). The summed E-state index contributed by atoms with van der Waals surface area (Å²) in [6.45, 7) is 2.76. The van der Waals surface area contributed by atoms with Crippen LogP contribution in [0.4, 0.5) is 17.2 Å². The molecule has 1 N–H and O–H groups in total. The highest BCUT2D eigenvalue weighted by Crippen LogP contribution is 2.27. The highest BCUT2D eigenvalue weighted by Gasteiger charge is 2.13. The van der Waals surface area contributed by atoms with E-state index in [1.807, 2.05) is 42.2 Å². The van der Waals surface area contributed by atoms with Gasteiger partial charge in [-0.3, -0.25) is 4.79 Å². The number of carbonyl (C=O) groups excluding carboxylic acids is 1. The van der Waals surface area contributed by atoms with Crippen molar-refractivity contribution in [3.8, 4) is 5.75 Å². The summed E-state index contributed by atoms with van der Waals surface area (Å²) in [5.41, 5.74) is 1.78. The van der Waals surface area contributed by atoms with Crippen LogP contribution in [-0.4, -0.2) is 29.8 Å². The highest BCUT2D eigenvalue weighted by molar-refractivity contribution is 6.32. The van der Waals surface area contributed by atoms with Gasteiger partial charge in [0.25, 0.3) is 5.91 Å². The van der Waals surface area contributed by atoms with Crippen molar-refractivity contribution in [3.05, 3.63) is 71.4 Å². The zero-order chi connectivity index (χ0) is 19.2. The van der Waals surface area contributed by atoms with Crippen LogP contribution in [0, 0.1) is 0 Å². The van der Waals surface area contributed by atoms with Crippen LogP contribution in [0.2, 0.25) is 5.02 Å². The molecular weight excluding hydrogens is 364 g/mol. The first-order valence-corrected chi connectivity index (χ1v) is 8.81. The summed E-state index contributed by atoms with van der Waals surface area (Å²) >= 11 is 6.08. The molecule has 138 valence electrons. The Labute approximate surface area is 162 Å². The van der Waals surface area contributed by atoms with Gasteiger partial charge in [0.05, 0.1) is 12.1 Å². The number of nitrogens with one attached hydrogen (secondary N) is 1. The Balaban J connectivity index is 1.74. The standard InChI is InChI=1S/C20H19ClN4O2/c1-3-25(15-7-5-4-6-8-15)19-12-10-17(23-24-19)20(26)22-14-9-11-18(27-2)16(21)13-14/h4-13H,3H2,1-2H3,(H,22,26). The van der Waals surface area contributed by atoms with Gasteiger partial charge in [-0.15, -0.1) is 10.2 Å². The number of hydrogen-bond acceptors (Lipinski definition) is 5. The molecule has 3 aromatic rings. The Kier molecular flexibility index (Phi) is 5.88. The second-order valence-electron chi connectivity index (χ2n) is 5.66. The summed E-state index contributed by atoms with van der Waals surface area (Å²) < 4.78 is 5.10. The van der Waals surface area contributed by atoms with Gasteiger partial charge in [0.1, 0.15) is 5.75 Å². The number of halogens is 1. The third kappa shape index (κ3) is 4.35. The molecule has 7 heteroatoms. The second-order valence-corrected chi connectivity index (χ2v) is 6.07. The van der Waals surface area contributed by atoms with E-state index in [9.17, 15) is 4.79 Å². The van der Waals surface area contributed by atoms with Crippen LogP contribution < -0.4 is 15.0 Å². The van der Waals surface area contributed by atoms with Crippen molar-refractivity contribution >= 4 is 34.7 Å². The maximum absolute atomic E-state index is 12.4. The molecule has 0 radical (unpaired) electrons. The molecule has 27 heavy (non-hydrogen) atoms. The Morgan fingerprint density at radius 3 is 2.48 bits per heavy atom. The van der Waals surface area contributed by atoms with Gasteiger partial charge in [-0.25, -0.2) is 0 Å². The zero-order valence-corrected chi connectivity index (χ0v) is 15.8. The first kappa shape index (κ1) is 18.7. The SMILES string of the molecule is CCN(c1ccccc1)c1ccc(C(=O)Nc2ccc(OC)c(Cl)c2)nn1. The fourth-order valence-corrected chi connectivity index (χ4v) is 2.87. The molecular formula is C20H19ClN4O2. The molecule has 0 aliphatic rings. The molecule has 2 aromatic carbocycles. The first-order valence-electron chi connectivity index (χ1n) is 8.43. The van der Waals surface area contributed by atoms with Crippen molar-refractivity contribution in [2.24, 2.45) is 0 Å². The summed E-state index contributed by atoms with van der Waals surface area (Å²) in [5, 5.41) is 11.4. The van der Waals surface area contributed by atoms with E-state index >= 15 is 0 Å². The molecule has 1 heterocycles. The smallest absolute Gasteiger partial charge is 0.276 e.